The SMILES string of the molecule is Nc1ccc2c(c1)CN(CCCO)CC2. The quantitative estimate of drug-likeness (QED) is 0.726. The molecule has 0 amide bonds. The van der Waals surface area contributed by atoms with Crippen LogP contribution in [0.4, 0.5) is 5.69 Å². The summed E-state index contributed by atoms with van der Waals surface area (Å²) in [6.07, 6.45) is 1.96. The molecule has 0 saturated heterocycles. The molecule has 0 unspecified atom stereocenters. The Labute approximate surface area is 90.5 Å². The van der Waals surface area contributed by atoms with Crippen molar-refractivity contribution in [1.29, 1.82) is 0 Å². The second-order valence-electron chi connectivity index (χ2n) is 4.13. The van der Waals surface area contributed by atoms with Crippen LogP contribution in [0.2, 0.25) is 0 Å². The van der Waals surface area contributed by atoms with Gasteiger partial charge in [-0.1, -0.05) is 6.07 Å². The molecule has 3 N–H and O–H groups in total. The van der Waals surface area contributed by atoms with E-state index in [0.29, 0.717) is 0 Å². The standard InChI is InChI=1S/C12H18N2O/c13-12-3-2-10-4-6-14(5-1-7-15)9-11(10)8-12/h2-3,8,15H,1,4-7,9,13H2. The molecule has 0 saturated carbocycles. The summed E-state index contributed by atoms with van der Waals surface area (Å²) in [5, 5.41) is 8.79. The van der Waals surface area contributed by atoms with Crippen LogP contribution < -0.4 is 5.73 Å². The normalized spacial score (nSPS) is 16.3. The summed E-state index contributed by atoms with van der Waals surface area (Å²) in [4.78, 5) is 2.37. The van der Waals surface area contributed by atoms with Gasteiger partial charge in [-0.3, -0.25) is 4.90 Å². The Morgan fingerprint density at radius 3 is 3.00 bits per heavy atom. The average molecular weight is 206 g/mol. The molecule has 1 aromatic rings. The fraction of sp³-hybridized carbons (Fsp3) is 0.500. The minimum atomic E-state index is 0.278. The van der Waals surface area contributed by atoms with Crippen LogP contribution in [-0.4, -0.2) is 29.7 Å². The maximum absolute atomic E-state index is 8.79. The Balaban J connectivity index is 2.05. The van der Waals surface area contributed by atoms with Gasteiger partial charge in [0.15, 0.2) is 0 Å². The number of nitrogens with zero attached hydrogens (tertiary/aromatic N) is 1. The van der Waals surface area contributed by atoms with Crippen molar-refractivity contribution < 1.29 is 5.11 Å². The van der Waals surface area contributed by atoms with Crippen LogP contribution in [0.5, 0.6) is 0 Å². The lowest BCUT2D eigenvalue weighted by Crippen LogP contribution is -2.31. The first-order chi connectivity index (χ1) is 7.29. The zero-order valence-electron chi connectivity index (χ0n) is 8.95. The Bertz CT molecular complexity index is 338. The molecule has 0 fully saturated rings. The second-order valence-corrected chi connectivity index (χ2v) is 4.13. The van der Waals surface area contributed by atoms with Crippen molar-refractivity contribution >= 4 is 5.69 Å². The molecule has 2 rings (SSSR count). The summed E-state index contributed by atoms with van der Waals surface area (Å²) in [6, 6.07) is 6.18. The fourth-order valence-corrected chi connectivity index (χ4v) is 2.12. The molecule has 15 heavy (non-hydrogen) atoms. The number of fused-ring (bicyclic) bond motifs is 1. The summed E-state index contributed by atoms with van der Waals surface area (Å²) in [6.45, 7) is 3.32. The van der Waals surface area contributed by atoms with E-state index in [0.717, 1.165) is 38.2 Å². The van der Waals surface area contributed by atoms with Gasteiger partial charge >= 0.3 is 0 Å². The van der Waals surface area contributed by atoms with Crippen molar-refractivity contribution in [2.45, 2.75) is 19.4 Å². The molecule has 0 atom stereocenters. The van der Waals surface area contributed by atoms with Gasteiger partial charge in [0.1, 0.15) is 0 Å². The molecule has 0 spiro atoms. The van der Waals surface area contributed by atoms with Crippen molar-refractivity contribution in [3.63, 3.8) is 0 Å². The van der Waals surface area contributed by atoms with Gasteiger partial charge in [0, 0.05) is 31.9 Å². The van der Waals surface area contributed by atoms with E-state index in [9.17, 15) is 0 Å². The largest absolute Gasteiger partial charge is 0.399 e. The average Bonchev–Trinajstić information content (AvgIpc) is 2.25. The third-order valence-electron chi connectivity index (χ3n) is 2.95. The number of benzene rings is 1. The molecule has 0 aromatic heterocycles. The van der Waals surface area contributed by atoms with Gasteiger partial charge in [0.25, 0.3) is 0 Å². The lowest BCUT2D eigenvalue weighted by atomic mass is 9.99. The number of nitrogens with two attached hydrogens (primary N) is 1. The highest BCUT2D eigenvalue weighted by molar-refractivity contribution is 5.45. The summed E-state index contributed by atoms with van der Waals surface area (Å²) in [5.74, 6) is 0. The van der Waals surface area contributed by atoms with Crippen LogP contribution in [0, 0.1) is 0 Å². The van der Waals surface area contributed by atoms with Gasteiger partial charge in [-0.25, -0.2) is 0 Å². The Morgan fingerprint density at radius 2 is 2.20 bits per heavy atom. The van der Waals surface area contributed by atoms with Gasteiger partial charge < -0.3 is 10.8 Å². The molecule has 0 bridgehead atoms. The number of anilines is 1. The van der Waals surface area contributed by atoms with Crippen LogP contribution in [0.25, 0.3) is 0 Å². The Hall–Kier alpha value is -1.06. The van der Waals surface area contributed by atoms with Gasteiger partial charge in [-0.05, 0) is 36.1 Å². The summed E-state index contributed by atoms with van der Waals surface area (Å²) >= 11 is 0. The van der Waals surface area contributed by atoms with Crippen LogP contribution in [0.15, 0.2) is 18.2 Å². The maximum Gasteiger partial charge on any atom is 0.0443 e. The topological polar surface area (TPSA) is 49.5 Å². The van der Waals surface area contributed by atoms with Gasteiger partial charge in [0.05, 0.1) is 0 Å². The van der Waals surface area contributed by atoms with E-state index >= 15 is 0 Å². The number of hydrogen-bond donors (Lipinski definition) is 2. The van der Waals surface area contributed by atoms with Crippen LogP contribution >= 0.6 is 0 Å². The van der Waals surface area contributed by atoms with E-state index in [-0.39, 0.29) is 6.61 Å². The number of aliphatic hydroxyl groups is 1. The van der Waals surface area contributed by atoms with Crippen molar-refractivity contribution in [3.05, 3.63) is 29.3 Å². The van der Waals surface area contributed by atoms with Crippen molar-refractivity contribution in [2.24, 2.45) is 0 Å². The van der Waals surface area contributed by atoms with E-state index in [1.165, 1.54) is 11.1 Å². The third kappa shape index (κ3) is 2.49. The fourth-order valence-electron chi connectivity index (χ4n) is 2.12. The van der Waals surface area contributed by atoms with E-state index in [2.05, 4.69) is 17.0 Å². The number of hydrogen-bond acceptors (Lipinski definition) is 3. The van der Waals surface area contributed by atoms with E-state index < -0.39 is 0 Å². The van der Waals surface area contributed by atoms with E-state index in [1.807, 2.05) is 6.07 Å². The summed E-state index contributed by atoms with van der Waals surface area (Å²) in [5.41, 5.74) is 9.38. The second kappa shape index (κ2) is 4.64. The van der Waals surface area contributed by atoms with Crippen LogP contribution in [0.3, 0.4) is 0 Å². The van der Waals surface area contributed by atoms with Crippen molar-refractivity contribution in [3.8, 4) is 0 Å². The molecule has 1 aliphatic heterocycles. The number of nitrogen functional groups attached to an aromatic ring is 1. The Kier molecular flexibility index (Phi) is 3.23. The molecular formula is C12H18N2O. The van der Waals surface area contributed by atoms with Crippen LogP contribution in [0.1, 0.15) is 17.5 Å². The molecule has 3 heteroatoms. The van der Waals surface area contributed by atoms with E-state index in [1.54, 1.807) is 0 Å². The molecule has 1 aromatic carbocycles. The predicted octanol–water partition coefficient (Wildman–Crippen LogP) is 1.01. The maximum atomic E-state index is 8.79. The number of rotatable bonds is 3. The minimum Gasteiger partial charge on any atom is -0.399 e. The van der Waals surface area contributed by atoms with Gasteiger partial charge in [0.2, 0.25) is 0 Å². The minimum absolute atomic E-state index is 0.278. The smallest absolute Gasteiger partial charge is 0.0443 e. The first kappa shape index (κ1) is 10.5. The van der Waals surface area contributed by atoms with Gasteiger partial charge in [-0.2, -0.15) is 0 Å². The zero-order valence-corrected chi connectivity index (χ0v) is 8.95. The van der Waals surface area contributed by atoms with Crippen LogP contribution in [-0.2, 0) is 13.0 Å². The van der Waals surface area contributed by atoms with Crippen molar-refractivity contribution in [2.75, 3.05) is 25.4 Å². The molecular weight excluding hydrogens is 188 g/mol. The lowest BCUT2D eigenvalue weighted by molar-refractivity contribution is 0.212. The van der Waals surface area contributed by atoms with Gasteiger partial charge in [-0.15, -0.1) is 0 Å². The summed E-state index contributed by atoms with van der Waals surface area (Å²) in [7, 11) is 0. The monoisotopic (exact) mass is 206 g/mol. The van der Waals surface area contributed by atoms with Crippen molar-refractivity contribution in [1.82, 2.24) is 4.90 Å². The molecule has 1 heterocycles. The molecule has 0 radical (unpaired) electrons. The molecule has 1 aliphatic rings. The highest BCUT2D eigenvalue weighted by atomic mass is 16.3. The predicted molar refractivity (Wildman–Crippen MR) is 61.5 cm³/mol. The first-order valence-electron chi connectivity index (χ1n) is 5.50. The number of aliphatic hydroxyl groups excluding tert-OH is 1. The summed E-state index contributed by atoms with van der Waals surface area (Å²) < 4.78 is 0. The highest BCUT2D eigenvalue weighted by Gasteiger charge is 2.15. The van der Waals surface area contributed by atoms with E-state index in [4.69, 9.17) is 10.8 Å². The lowest BCUT2D eigenvalue weighted by Gasteiger charge is -2.28. The zero-order chi connectivity index (χ0) is 10.7. The molecule has 0 aliphatic carbocycles. The molecule has 3 nitrogen and oxygen atoms in total. The third-order valence-corrected chi connectivity index (χ3v) is 2.95. The highest BCUT2D eigenvalue weighted by Crippen LogP contribution is 2.21. The Morgan fingerprint density at radius 1 is 1.33 bits per heavy atom. The first-order valence-corrected chi connectivity index (χ1v) is 5.50. The molecule has 82 valence electrons.